The summed E-state index contributed by atoms with van der Waals surface area (Å²) in [4.78, 5) is 0. The largest absolute Gasteiger partial charge is 0.408 e. The summed E-state index contributed by atoms with van der Waals surface area (Å²) in [7, 11) is 1.92. The highest BCUT2D eigenvalue weighted by atomic mass is 16.4. The predicted octanol–water partition coefficient (Wildman–Crippen LogP) is 1.29. The van der Waals surface area contributed by atoms with Crippen LogP contribution in [0.4, 0.5) is 6.01 Å². The van der Waals surface area contributed by atoms with Gasteiger partial charge in [0.2, 0.25) is 5.89 Å². The Labute approximate surface area is 93.7 Å². The van der Waals surface area contributed by atoms with Crippen LogP contribution in [0.2, 0.25) is 0 Å². The van der Waals surface area contributed by atoms with Gasteiger partial charge in [0.1, 0.15) is 0 Å². The minimum Gasteiger partial charge on any atom is -0.408 e. The highest BCUT2D eigenvalue weighted by Crippen LogP contribution is 2.10. The SMILES string of the molecule is CCc1nn(C)cc1CNc1nnc(C)o1. The van der Waals surface area contributed by atoms with Crippen molar-refractivity contribution in [3.8, 4) is 0 Å². The van der Waals surface area contributed by atoms with Crippen LogP contribution in [0, 0.1) is 6.92 Å². The maximum absolute atomic E-state index is 5.22. The Hall–Kier alpha value is -1.85. The summed E-state index contributed by atoms with van der Waals surface area (Å²) in [5.41, 5.74) is 2.24. The fourth-order valence-corrected chi connectivity index (χ4v) is 1.57. The van der Waals surface area contributed by atoms with Crippen LogP contribution in [-0.4, -0.2) is 20.0 Å². The quantitative estimate of drug-likeness (QED) is 0.842. The maximum atomic E-state index is 5.22. The van der Waals surface area contributed by atoms with Crippen LogP contribution < -0.4 is 5.32 Å². The van der Waals surface area contributed by atoms with Crippen molar-refractivity contribution >= 4 is 6.01 Å². The lowest BCUT2D eigenvalue weighted by molar-refractivity contribution is 0.530. The van der Waals surface area contributed by atoms with Crippen LogP contribution in [0.25, 0.3) is 0 Å². The molecule has 2 rings (SSSR count). The molecular weight excluding hydrogens is 206 g/mol. The van der Waals surface area contributed by atoms with E-state index in [0.717, 1.165) is 17.7 Å². The van der Waals surface area contributed by atoms with Crippen molar-refractivity contribution in [3.05, 3.63) is 23.3 Å². The molecule has 0 unspecified atom stereocenters. The molecular formula is C10H15N5O. The molecule has 6 nitrogen and oxygen atoms in total. The normalized spacial score (nSPS) is 10.7. The molecule has 0 saturated heterocycles. The van der Waals surface area contributed by atoms with Crippen LogP contribution in [0.15, 0.2) is 10.6 Å². The van der Waals surface area contributed by atoms with Gasteiger partial charge in [-0.1, -0.05) is 12.0 Å². The first kappa shape index (κ1) is 10.7. The highest BCUT2D eigenvalue weighted by Gasteiger charge is 2.07. The average Bonchev–Trinajstić information content (AvgIpc) is 2.81. The number of aromatic nitrogens is 4. The maximum Gasteiger partial charge on any atom is 0.315 e. The number of aryl methyl sites for hydroxylation is 3. The molecule has 0 bridgehead atoms. The average molecular weight is 221 g/mol. The molecule has 2 heterocycles. The third-order valence-corrected chi connectivity index (χ3v) is 2.28. The van der Waals surface area contributed by atoms with Gasteiger partial charge >= 0.3 is 6.01 Å². The molecule has 0 aliphatic carbocycles. The van der Waals surface area contributed by atoms with E-state index < -0.39 is 0 Å². The number of nitrogens with one attached hydrogen (secondary N) is 1. The third-order valence-electron chi connectivity index (χ3n) is 2.28. The van der Waals surface area contributed by atoms with Crippen molar-refractivity contribution in [2.75, 3.05) is 5.32 Å². The van der Waals surface area contributed by atoms with Crippen molar-refractivity contribution in [1.29, 1.82) is 0 Å². The van der Waals surface area contributed by atoms with Gasteiger partial charge in [-0.3, -0.25) is 4.68 Å². The molecule has 16 heavy (non-hydrogen) atoms. The molecule has 1 N–H and O–H groups in total. The number of anilines is 1. The zero-order valence-electron chi connectivity index (χ0n) is 9.69. The van der Waals surface area contributed by atoms with Crippen molar-refractivity contribution in [1.82, 2.24) is 20.0 Å². The first-order valence-electron chi connectivity index (χ1n) is 5.24. The molecule has 0 radical (unpaired) electrons. The van der Waals surface area contributed by atoms with E-state index in [0.29, 0.717) is 18.5 Å². The predicted molar refractivity (Wildman–Crippen MR) is 58.9 cm³/mol. The summed E-state index contributed by atoms with van der Waals surface area (Å²) < 4.78 is 7.04. The van der Waals surface area contributed by atoms with E-state index in [1.165, 1.54) is 0 Å². The lowest BCUT2D eigenvalue weighted by atomic mass is 10.2. The molecule has 2 aromatic heterocycles. The Bertz CT molecular complexity index is 473. The van der Waals surface area contributed by atoms with Crippen LogP contribution in [0.5, 0.6) is 0 Å². The van der Waals surface area contributed by atoms with Gasteiger partial charge in [-0.15, -0.1) is 5.10 Å². The Morgan fingerprint density at radius 1 is 1.44 bits per heavy atom. The zero-order chi connectivity index (χ0) is 11.5. The summed E-state index contributed by atoms with van der Waals surface area (Å²) in [6, 6.07) is 0.448. The smallest absolute Gasteiger partial charge is 0.315 e. The Kier molecular flexibility index (Phi) is 2.89. The molecule has 0 fully saturated rings. The van der Waals surface area contributed by atoms with Gasteiger partial charge in [-0.05, 0) is 6.42 Å². The zero-order valence-corrected chi connectivity index (χ0v) is 9.69. The summed E-state index contributed by atoms with van der Waals surface area (Å²) >= 11 is 0. The van der Waals surface area contributed by atoms with E-state index in [4.69, 9.17) is 4.42 Å². The van der Waals surface area contributed by atoms with Crippen molar-refractivity contribution in [2.24, 2.45) is 7.05 Å². The fraction of sp³-hybridized carbons (Fsp3) is 0.500. The van der Waals surface area contributed by atoms with Gasteiger partial charge in [-0.25, -0.2) is 0 Å². The molecule has 0 spiro atoms. The van der Waals surface area contributed by atoms with Crippen LogP contribution in [0.3, 0.4) is 0 Å². The van der Waals surface area contributed by atoms with Gasteiger partial charge in [0.25, 0.3) is 0 Å². The van der Waals surface area contributed by atoms with Gasteiger partial charge in [0, 0.05) is 32.3 Å². The second-order valence-corrected chi connectivity index (χ2v) is 3.61. The fourth-order valence-electron chi connectivity index (χ4n) is 1.57. The summed E-state index contributed by atoms with van der Waals surface area (Å²) in [6.45, 7) is 4.50. The molecule has 0 aliphatic heterocycles. The lowest BCUT2D eigenvalue weighted by Crippen LogP contribution is -2.01. The Morgan fingerprint density at radius 2 is 2.25 bits per heavy atom. The number of hydrogen-bond acceptors (Lipinski definition) is 5. The second kappa shape index (κ2) is 4.34. The standard InChI is InChI=1S/C10H15N5O/c1-4-9-8(6-15(3)14-9)5-11-10-13-12-7(2)16-10/h6H,4-5H2,1-3H3,(H,11,13). The lowest BCUT2D eigenvalue weighted by Gasteiger charge is -1.99. The van der Waals surface area contributed by atoms with E-state index in [2.05, 4.69) is 27.5 Å². The van der Waals surface area contributed by atoms with E-state index in [1.54, 1.807) is 6.92 Å². The molecule has 0 atom stereocenters. The van der Waals surface area contributed by atoms with Crippen LogP contribution in [0.1, 0.15) is 24.1 Å². The van der Waals surface area contributed by atoms with E-state index >= 15 is 0 Å². The molecule has 0 aliphatic rings. The summed E-state index contributed by atoms with van der Waals surface area (Å²) in [5.74, 6) is 0.560. The van der Waals surface area contributed by atoms with Gasteiger partial charge in [0.05, 0.1) is 5.69 Å². The molecule has 0 amide bonds. The van der Waals surface area contributed by atoms with Gasteiger partial charge in [-0.2, -0.15) is 5.10 Å². The minimum atomic E-state index is 0.448. The first-order chi connectivity index (χ1) is 7.69. The second-order valence-electron chi connectivity index (χ2n) is 3.61. The van der Waals surface area contributed by atoms with Crippen LogP contribution >= 0.6 is 0 Å². The monoisotopic (exact) mass is 221 g/mol. The van der Waals surface area contributed by atoms with E-state index in [-0.39, 0.29) is 0 Å². The molecule has 6 heteroatoms. The first-order valence-corrected chi connectivity index (χ1v) is 5.24. The molecule has 0 aromatic carbocycles. The Morgan fingerprint density at radius 3 is 2.88 bits per heavy atom. The topological polar surface area (TPSA) is 68.8 Å². The number of nitrogens with zero attached hydrogens (tertiary/aromatic N) is 4. The molecule has 0 saturated carbocycles. The summed E-state index contributed by atoms with van der Waals surface area (Å²) in [5, 5.41) is 15.0. The number of rotatable bonds is 4. The van der Waals surface area contributed by atoms with Gasteiger partial charge in [0.15, 0.2) is 0 Å². The minimum absolute atomic E-state index is 0.448. The van der Waals surface area contributed by atoms with Crippen molar-refractivity contribution < 1.29 is 4.42 Å². The Balaban J connectivity index is 2.04. The van der Waals surface area contributed by atoms with Crippen molar-refractivity contribution in [2.45, 2.75) is 26.8 Å². The molecule has 2 aromatic rings. The van der Waals surface area contributed by atoms with E-state index in [9.17, 15) is 0 Å². The van der Waals surface area contributed by atoms with Crippen molar-refractivity contribution in [3.63, 3.8) is 0 Å². The third kappa shape index (κ3) is 2.21. The number of hydrogen-bond donors (Lipinski definition) is 1. The highest BCUT2D eigenvalue weighted by molar-refractivity contribution is 5.25. The van der Waals surface area contributed by atoms with Gasteiger partial charge < -0.3 is 9.73 Å². The summed E-state index contributed by atoms with van der Waals surface area (Å²) in [6.07, 6.45) is 2.91. The van der Waals surface area contributed by atoms with E-state index in [1.807, 2.05) is 17.9 Å². The molecule has 86 valence electrons. The van der Waals surface area contributed by atoms with Crippen LogP contribution in [-0.2, 0) is 20.0 Å².